The third-order valence-corrected chi connectivity index (χ3v) is 3.17. The van der Waals surface area contributed by atoms with Gasteiger partial charge in [0, 0.05) is 31.3 Å². The molecular weight excluding hydrogens is 335 g/mol. The maximum atomic E-state index is 13.5. The average molecular weight is 351 g/mol. The first-order valence-corrected chi connectivity index (χ1v) is 7.41. The number of hydrogen-bond acceptors (Lipinski definition) is 3. The molecule has 2 rings (SSSR count). The van der Waals surface area contributed by atoms with E-state index in [1.54, 1.807) is 24.3 Å². The summed E-state index contributed by atoms with van der Waals surface area (Å²) in [5.41, 5.74) is 0.862. The largest absolute Gasteiger partial charge is 0.384 e. The van der Waals surface area contributed by atoms with Crippen LogP contribution in [0.25, 0.3) is 0 Å². The van der Waals surface area contributed by atoms with E-state index in [-0.39, 0.29) is 18.9 Å². The van der Waals surface area contributed by atoms with Crippen LogP contribution in [0.15, 0.2) is 36.4 Å². The van der Waals surface area contributed by atoms with E-state index in [1.807, 2.05) is 0 Å². The highest BCUT2D eigenvalue weighted by Gasteiger charge is 2.15. The number of carbonyl (C=O) groups excluding carboxylic acids is 2. The Morgan fingerprint density at radius 1 is 0.960 bits per heavy atom. The van der Waals surface area contributed by atoms with Crippen LogP contribution in [0, 0.1) is 17.5 Å². The van der Waals surface area contributed by atoms with Crippen molar-refractivity contribution in [2.24, 2.45) is 0 Å². The molecule has 0 saturated heterocycles. The van der Waals surface area contributed by atoms with Gasteiger partial charge in [-0.15, -0.1) is 0 Å². The summed E-state index contributed by atoms with van der Waals surface area (Å²) in [6.45, 7) is 1.61. The minimum Gasteiger partial charge on any atom is -0.384 e. The number of nitrogens with one attached hydrogen (secondary N) is 3. The smallest absolute Gasteiger partial charge is 0.226 e. The third-order valence-electron chi connectivity index (χ3n) is 3.17. The Bertz CT molecular complexity index is 797. The van der Waals surface area contributed by atoms with E-state index in [0.717, 1.165) is 12.1 Å². The summed E-state index contributed by atoms with van der Waals surface area (Å²) >= 11 is 0. The molecule has 0 aromatic heterocycles. The van der Waals surface area contributed by atoms with Crippen molar-refractivity contribution in [2.45, 2.75) is 13.3 Å². The summed E-state index contributed by atoms with van der Waals surface area (Å²) in [5, 5.41) is 7.78. The Morgan fingerprint density at radius 2 is 1.68 bits per heavy atom. The zero-order valence-corrected chi connectivity index (χ0v) is 13.3. The van der Waals surface area contributed by atoms with E-state index >= 15 is 0 Å². The second kappa shape index (κ2) is 8.18. The lowest BCUT2D eigenvalue weighted by atomic mass is 10.2. The topological polar surface area (TPSA) is 70.2 Å². The van der Waals surface area contributed by atoms with Gasteiger partial charge in [0.1, 0.15) is 0 Å². The number of rotatable bonds is 6. The Morgan fingerprint density at radius 3 is 2.40 bits per heavy atom. The Kier molecular flexibility index (Phi) is 5.99. The summed E-state index contributed by atoms with van der Waals surface area (Å²) in [4.78, 5) is 22.8. The Balaban J connectivity index is 1.87. The van der Waals surface area contributed by atoms with Gasteiger partial charge >= 0.3 is 0 Å². The molecule has 2 aromatic rings. The van der Waals surface area contributed by atoms with Crippen LogP contribution in [-0.2, 0) is 9.59 Å². The number of halogens is 3. The van der Waals surface area contributed by atoms with Gasteiger partial charge in [-0.25, -0.2) is 13.2 Å². The molecule has 0 heterocycles. The summed E-state index contributed by atoms with van der Waals surface area (Å²) in [5.74, 6) is -5.16. The monoisotopic (exact) mass is 351 g/mol. The normalized spacial score (nSPS) is 10.2. The molecule has 0 aliphatic heterocycles. The highest BCUT2D eigenvalue weighted by Crippen LogP contribution is 2.20. The molecule has 8 heteroatoms. The van der Waals surface area contributed by atoms with Crippen LogP contribution in [0.1, 0.15) is 13.3 Å². The molecule has 5 nitrogen and oxygen atoms in total. The molecule has 2 aromatic carbocycles. The summed E-state index contributed by atoms with van der Waals surface area (Å²) in [7, 11) is 0. The van der Waals surface area contributed by atoms with E-state index in [4.69, 9.17) is 0 Å². The molecule has 0 atom stereocenters. The maximum Gasteiger partial charge on any atom is 0.226 e. The lowest BCUT2D eigenvalue weighted by molar-refractivity contribution is -0.116. The van der Waals surface area contributed by atoms with Crippen LogP contribution in [0.5, 0.6) is 0 Å². The lowest BCUT2D eigenvalue weighted by Crippen LogP contribution is -2.17. The fraction of sp³-hybridized carbons (Fsp3) is 0.176. The average Bonchev–Trinajstić information content (AvgIpc) is 2.55. The van der Waals surface area contributed by atoms with Gasteiger partial charge in [0.2, 0.25) is 11.8 Å². The van der Waals surface area contributed by atoms with Gasteiger partial charge in [-0.2, -0.15) is 0 Å². The van der Waals surface area contributed by atoms with Crippen molar-refractivity contribution in [1.29, 1.82) is 0 Å². The van der Waals surface area contributed by atoms with E-state index in [2.05, 4.69) is 16.0 Å². The van der Waals surface area contributed by atoms with Crippen molar-refractivity contribution < 1.29 is 22.8 Å². The predicted molar refractivity (Wildman–Crippen MR) is 88.8 cm³/mol. The molecule has 132 valence electrons. The number of anilines is 3. The van der Waals surface area contributed by atoms with Crippen molar-refractivity contribution in [3.8, 4) is 0 Å². The molecule has 0 aliphatic rings. The van der Waals surface area contributed by atoms with E-state index in [0.29, 0.717) is 11.4 Å². The van der Waals surface area contributed by atoms with Crippen molar-refractivity contribution in [3.63, 3.8) is 0 Å². The first kappa shape index (κ1) is 18.3. The first-order valence-electron chi connectivity index (χ1n) is 7.41. The van der Waals surface area contributed by atoms with E-state index in [9.17, 15) is 22.8 Å². The molecule has 0 unspecified atom stereocenters. The van der Waals surface area contributed by atoms with Gasteiger partial charge in [0.05, 0.1) is 5.69 Å². The number of benzene rings is 2. The van der Waals surface area contributed by atoms with Crippen LogP contribution in [0.3, 0.4) is 0 Å². The van der Waals surface area contributed by atoms with E-state index < -0.39 is 29.0 Å². The molecule has 3 N–H and O–H groups in total. The fourth-order valence-electron chi connectivity index (χ4n) is 2.07. The maximum absolute atomic E-state index is 13.5. The quantitative estimate of drug-likeness (QED) is 0.698. The summed E-state index contributed by atoms with van der Waals surface area (Å²) in [6.07, 6.45) is -0.0250. The molecule has 2 amide bonds. The molecule has 0 saturated carbocycles. The summed E-state index contributed by atoms with van der Waals surface area (Å²) < 4.78 is 39.4. The second-order valence-corrected chi connectivity index (χ2v) is 5.21. The van der Waals surface area contributed by atoms with Gasteiger partial charge in [0.25, 0.3) is 0 Å². The molecule has 25 heavy (non-hydrogen) atoms. The summed E-state index contributed by atoms with van der Waals surface area (Å²) in [6, 6.07) is 8.57. The minimum atomic E-state index is -1.63. The van der Waals surface area contributed by atoms with Gasteiger partial charge < -0.3 is 16.0 Å². The molecular formula is C17H16F3N3O2. The van der Waals surface area contributed by atoms with Gasteiger partial charge in [0.15, 0.2) is 17.5 Å². The SMILES string of the molecule is CC(=O)Nc1cccc(NCCC(=O)Nc2ccc(F)c(F)c2F)c1. The van der Waals surface area contributed by atoms with Crippen LogP contribution in [0.4, 0.5) is 30.2 Å². The van der Waals surface area contributed by atoms with Gasteiger partial charge in [-0.1, -0.05) is 6.07 Å². The van der Waals surface area contributed by atoms with Crippen LogP contribution in [0.2, 0.25) is 0 Å². The van der Waals surface area contributed by atoms with Crippen LogP contribution >= 0.6 is 0 Å². The molecule has 0 aliphatic carbocycles. The zero-order chi connectivity index (χ0) is 18.4. The lowest BCUT2D eigenvalue weighted by Gasteiger charge is -2.10. The first-order chi connectivity index (χ1) is 11.9. The Hall–Kier alpha value is -3.03. The van der Waals surface area contributed by atoms with Crippen LogP contribution < -0.4 is 16.0 Å². The van der Waals surface area contributed by atoms with Crippen molar-refractivity contribution >= 4 is 28.9 Å². The number of amides is 2. The Labute approximate surface area is 142 Å². The standard InChI is InChI=1S/C17H16F3N3O2/c1-10(24)22-12-4-2-3-11(9-12)21-8-7-15(25)23-14-6-5-13(18)16(19)17(14)20/h2-6,9,21H,7-8H2,1H3,(H,22,24)(H,23,25). The number of carbonyl (C=O) groups is 2. The second-order valence-electron chi connectivity index (χ2n) is 5.21. The number of hydrogen-bond donors (Lipinski definition) is 3. The zero-order valence-electron chi connectivity index (χ0n) is 13.3. The fourth-order valence-corrected chi connectivity index (χ4v) is 2.07. The van der Waals surface area contributed by atoms with Crippen LogP contribution in [-0.4, -0.2) is 18.4 Å². The van der Waals surface area contributed by atoms with Crippen molar-refractivity contribution in [1.82, 2.24) is 0 Å². The van der Waals surface area contributed by atoms with Gasteiger partial charge in [-0.3, -0.25) is 9.59 Å². The molecule has 0 spiro atoms. The van der Waals surface area contributed by atoms with Crippen molar-refractivity contribution in [3.05, 3.63) is 53.8 Å². The molecule has 0 fully saturated rings. The minimum absolute atomic E-state index is 0.0250. The third kappa shape index (κ3) is 5.23. The highest BCUT2D eigenvalue weighted by molar-refractivity contribution is 5.91. The van der Waals surface area contributed by atoms with Gasteiger partial charge in [-0.05, 0) is 30.3 Å². The molecule has 0 bridgehead atoms. The predicted octanol–water partition coefficient (Wildman–Crippen LogP) is 3.50. The van der Waals surface area contributed by atoms with E-state index in [1.165, 1.54) is 6.92 Å². The molecule has 0 radical (unpaired) electrons. The highest BCUT2D eigenvalue weighted by atomic mass is 19.2. The van der Waals surface area contributed by atoms with Crippen molar-refractivity contribution in [2.75, 3.05) is 22.5 Å².